The van der Waals surface area contributed by atoms with Gasteiger partial charge in [-0.15, -0.1) is 31.5 Å². The minimum absolute atomic E-state index is 0.365. The van der Waals surface area contributed by atoms with E-state index in [1.54, 1.807) is 34.4 Å². The zero-order chi connectivity index (χ0) is 70.8. The van der Waals surface area contributed by atoms with Crippen molar-refractivity contribution in [3.05, 3.63) is 107 Å². The van der Waals surface area contributed by atoms with Gasteiger partial charge >= 0.3 is 4.42 Å². The van der Waals surface area contributed by atoms with Gasteiger partial charge in [-0.1, -0.05) is 17.7 Å². The molecule has 0 amide bonds. The molecule has 6 aromatic rings. The summed E-state index contributed by atoms with van der Waals surface area (Å²) in [6, 6.07) is 22.9. The van der Waals surface area contributed by atoms with Crippen LogP contribution in [-0.4, -0.2) is 210 Å². The molecule has 548 valence electrons. The molecule has 101 heavy (non-hydrogen) atoms. The standard InChI is InChI=1S/C24H35N5O3.C24H33N5O3.C19H26ClN5O2.C5H10BINOP/c2*1-25-23-17-20(18-8-14-31-15-9-18)27-24(28-23)26-19-6-7-21(30-2)22(16-19)32-13-5-12-29-10-3-4-11-29;1-21-18-13-17(20)23-19(24-18)22-14-6-7-15(26-2)16(12-14)27-11-5-10-25-8-3-4-9-25;7-6(10)8-5-1-3-9-4-2-5/h6-7,16-18H,3-5,8-15H2,1-2H3,(H2,25,26,27,28);6-8,16-17H,3-5,9-15H2,1-2H3,(H2,25,26,27,28);6-7,12-13H,3-5,8-11H2,1-2H3,(H2,21,22,23,24);1,8H,2-4,10H2. The number of methoxy groups -OCH3 is 3. The number of nitrogens with zero attached hydrogens (tertiary/aromatic N) is 9. The second kappa shape index (κ2) is 43.2. The Morgan fingerprint density at radius 3 is 1.35 bits per heavy atom. The molecule has 0 bridgehead atoms. The van der Waals surface area contributed by atoms with Crippen molar-refractivity contribution in [2.24, 2.45) is 0 Å². The van der Waals surface area contributed by atoms with Crippen molar-refractivity contribution in [2.75, 3.05) is 193 Å². The Kier molecular flexibility index (Phi) is 33.5. The van der Waals surface area contributed by atoms with Crippen LogP contribution in [0.3, 0.4) is 0 Å². The van der Waals surface area contributed by atoms with Gasteiger partial charge in [-0.05, 0) is 164 Å². The Morgan fingerprint density at radius 1 is 0.505 bits per heavy atom. The SMILES string of the molecule is CNc1cc(C2=CCOCC2)nc(Nc2ccc(OC)c(OCCCN3CCCC3)c2)n1.CNc1cc(C2CCOCC2)nc(Nc2ccc(OC)c(OCCCN3CCCC3)c2)n1.CNc1cc(Cl)nc(Nc2ccc(OC)c(OCCCN3CCCC3)c2)n1.PB(I)NC1=CCOCC1. The summed E-state index contributed by atoms with van der Waals surface area (Å²) in [5.41, 5.74) is 6.95. The maximum atomic E-state index is 6.07. The molecular formula is C72H104BClIN16O9P. The van der Waals surface area contributed by atoms with Crippen molar-refractivity contribution < 1.29 is 42.6 Å². The van der Waals surface area contributed by atoms with E-state index in [0.717, 1.165) is 154 Å². The summed E-state index contributed by atoms with van der Waals surface area (Å²) in [6.45, 7) is 17.0. The molecule has 4 fully saturated rings. The number of ether oxygens (including phenoxy) is 9. The Bertz CT molecular complexity index is 3530. The van der Waals surface area contributed by atoms with Gasteiger partial charge < -0.3 is 94.5 Å². The van der Waals surface area contributed by atoms with Crippen LogP contribution in [0, 0.1) is 0 Å². The second-order valence-corrected chi connectivity index (χ2v) is 28.6. The highest BCUT2D eigenvalue weighted by Crippen LogP contribution is 2.36. The van der Waals surface area contributed by atoms with E-state index in [1.807, 2.05) is 80.8 Å². The van der Waals surface area contributed by atoms with Gasteiger partial charge in [0, 0.05) is 125 Å². The minimum atomic E-state index is 0.365. The van der Waals surface area contributed by atoms with E-state index < -0.39 is 0 Å². The summed E-state index contributed by atoms with van der Waals surface area (Å²) >= 11 is 8.35. The number of hydrogen-bond acceptors (Lipinski definition) is 25. The molecule has 6 aliphatic rings. The zero-order valence-corrected chi connectivity index (χ0v) is 63.8. The Hall–Kier alpha value is -6.95. The molecule has 0 saturated carbocycles. The van der Waals surface area contributed by atoms with Crippen molar-refractivity contribution in [3.63, 3.8) is 0 Å². The lowest BCUT2D eigenvalue weighted by Gasteiger charge is -2.22. The number of nitrogens with one attached hydrogen (secondary N) is 7. The van der Waals surface area contributed by atoms with Gasteiger partial charge in [0.15, 0.2) is 34.5 Å². The van der Waals surface area contributed by atoms with Gasteiger partial charge in [0.1, 0.15) is 22.6 Å². The van der Waals surface area contributed by atoms with E-state index in [2.05, 4.69) is 115 Å². The van der Waals surface area contributed by atoms with Crippen LogP contribution in [0.15, 0.2) is 90.6 Å². The first-order chi connectivity index (χ1) is 49.5. The molecular weight excluding hydrogens is 1440 g/mol. The van der Waals surface area contributed by atoms with E-state index in [0.29, 0.717) is 83.7 Å². The Labute approximate surface area is 618 Å². The first kappa shape index (κ1) is 78.2. The second-order valence-electron chi connectivity index (χ2n) is 24.9. The topological polar surface area (TPSA) is 254 Å². The Balaban J connectivity index is 0.000000165. The number of likely N-dealkylation sites (tertiary alicyclic amines) is 3. The molecule has 9 heterocycles. The maximum Gasteiger partial charge on any atom is 0.346 e. The Morgan fingerprint density at radius 2 is 0.931 bits per heavy atom. The summed E-state index contributed by atoms with van der Waals surface area (Å²) in [5, 5.41) is 22.7. The monoisotopic (exact) mass is 1540 g/mol. The average molecular weight is 1540 g/mol. The van der Waals surface area contributed by atoms with Crippen LogP contribution in [0.5, 0.6) is 34.5 Å². The summed E-state index contributed by atoms with van der Waals surface area (Å²) < 4.78 is 51.0. The third-order valence-corrected chi connectivity index (χ3v) is 18.3. The van der Waals surface area contributed by atoms with Gasteiger partial charge in [-0.3, -0.25) is 0 Å². The smallest absolute Gasteiger partial charge is 0.346 e. The summed E-state index contributed by atoms with van der Waals surface area (Å²) in [5.74, 6) is 8.40. The molecule has 4 saturated heterocycles. The van der Waals surface area contributed by atoms with Crippen LogP contribution < -0.4 is 65.5 Å². The minimum Gasteiger partial charge on any atom is -0.493 e. The lowest BCUT2D eigenvalue weighted by Crippen LogP contribution is -2.24. The van der Waals surface area contributed by atoms with Crippen LogP contribution in [0.4, 0.5) is 52.4 Å². The van der Waals surface area contributed by atoms with Crippen molar-refractivity contribution in [2.45, 2.75) is 89.4 Å². The van der Waals surface area contributed by atoms with Crippen molar-refractivity contribution in [1.82, 2.24) is 49.8 Å². The molecule has 7 N–H and O–H groups in total. The quantitative estimate of drug-likeness (QED) is 0.00702. The highest BCUT2D eigenvalue weighted by Gasteiger charge is 2.21. The molecule has 0 aliphatic carbocycles. The third kappa shape index (κ3) is 26.7. The largest absolute Gasteiger partial charge is 0.493 e. The lowest BCUT2D eigenvalue weighted by molar-refractivity contribution is 0.0845. The lowest BCUT2D eigenvalue weighted by atomic mass is 9.96. The molecule has 0 radical (unpaired) electrons. The molecule has 6 aliphatic heterocycles. The zero-order valence-electron chi connectivity index (χ0n) is 59.7. The van der Waals surface area contributed by atoms with Gasteiger partial charge in [-0.2, -0.15) is 15.0 Å². The van der Waals surface area contributed by atoms with Gasteiger partial charge in [-0.25, -0.2) is 15.0 Å². The summed E-state index contributed by atoms with van der Waals surface area (Å²) in [4.78, 5) is 34.7. The van der Waals surface area contributed by atoms with Gasteiger partial charge in [0.2, 0.25) is 17.8 Å². The molecule has 1 atom stereocenters. The number of benzene rings is 3. The predicted molar refractivity (Wildman–Crippen MR) is 418 cm³/mol. The number of rotatable bonds is 31. The molecule has 25 nitrogen and oxygen atoms in total. The van der Waals surface area contributed by atoms with E-state index >= 15 is 0 Å². The number of halogens is 2. The van der Waals surface area contributed by atoms with Crippen LogP contribution in [0.25, 0.3) is 5.57 Å². The fraction of sp³-hybridized carbons (Fsp3) is 0.528. The third-order valence-electron chi connectivity index (χ3n) is 17.6. The fourth-order valence-electron chi connectivity index (χ4n) is 12.3. The van der Waals surface area contributed by atoms with Crippen LogP contribution in [0.1, 0.15) is 101 Å². The highest BCUT2D eigenvalue weighted by molar-refractivity contribution is 14.1. The summed E-state index contributed by atoms with van der Waals surface area (Å²) in [7, 11) is 13.2. The van der Waals surface area contributed by atoms with E-state index in [9.17, 15) is 0 Å². The van der Waals surface area contributed by atoms with Crippen LogP contribution in [0.2, 0.25) is 5.15 Å². The van der Waals surface area contributed by atoms with Gasteiger partial charge in [0.25, 0.3) is 0 Å². The average Bonchev–Trinajstić information content (AvgIpc) is 1.76. The first-order valence-electron chi connectivity index (χ1n) is 35.5. The molecule has 3 aromatic carbocycles. The summed E-state index contributed by atoms with van der Waals surface area (Å²) in [6.07, 6.45) is 18.9. The number of hydrogen-bond donors (Lipinski definition) is 7. The van der Waals surface area contributed by atoms with Gasteiger partial charge in [0.05, 0.1) is 79.0 Å². The van der Waals surface area contributed by atoms with Crippen molar-refractivity contribution in [3.8, 4) is 34.5 Å². The van der Waals surface area contributed by atoms with E-state index in [-0.39, 0.29) is 0 Å². The fourth-order valence-corrected chi connectivity index (χ4v) is 13.1. The van der Waals surface area contributed by atoms with Crippen LogP contribution in [-0.2, 0) is 14.2 Å². The highest BCUT2D eigenvalue weighted by atomic mass is 127. The molecule has 29 heteroatoms. The van der Waals surface area contributed by atoms with E-state index in [1.165, 1.54) is 89.1 Å². The van der Waals surface area contributed by atoms with Crippen molar-refractivity contribution in [1.29, 1.82) is 0 Å². The molecule has 0 spiro atoms. The van der Waals surface area contributed by atoms with Crippen LogP contribution >= 0.6 is 43.1 Å². The number of aromatic nitrogens is 6. The predicted octanol–water partition coefficient (Wildman–Crippen LogP) is 12.9. The normalized spacial score (nSPS) is 16.3. The maximum absolute atomic E-state index is 6.07. The first-order valence-corrected chi connectivity index (χ1v) is 37.8. The van der Waals surface area contributed by atoms with Crippen molar-refractivity contribution >= 4 is 105 Å². The van der Waals surface area contributed by atoms with E-state index in [4.69, 9.17) is 64.2 Å². The number of anilines is 9. The molecule has 12 rings (SSSR count). The molecule has 3 aromatic heterocycles. The molecule has 1 unspecified atom stereocenters.